The fourth-order valence-electron chi connectivity index (χ4n) is 0.773. The van der Waals surface area contributed by atoms with E-state index in [4.69, 9.17) is 5.11 Å². The van der Waals surface area contributed by atoms with E-state index in [2.05, 4.69) is 0 Å². The molecule has 1 N–H and O–H groups in total. The molecule has 0 bridgehead atoms. The van der Waals surface area contributed by atoms with Gasteiger partial charge in [-0.15, -0.1) is 0 Å². The predicted molar refractivity (Wildman–Crippen MR) is 55.0 cm³/mol. The number of hydrogen-bond donors (Lipinski definition) is 1. The second kappa shape index (κ2) is 5.90. The highest BCUT2D eigenvalue weighted by Crippen LogP contribution is 2.14. The lowest BCUT2D eigenvalue weighted by atomic mass is 10.1. The van der Waals surface area contributed by atoms with Gasteiger partial charge in [-0.2, -0.15) is 0 Å². The van der Waals surface area contributed by atoms with Crippen LogP contribution >= 0.6 is 0 Å². The molecule has 0 heterocycles. The number of carboxylic acids is 1. The Labute approximate surface area is 87.6 Å². The molecule has 0 aromatic heterocycles. The Morgan fingerprint density at radius 3 is 2.00 bits per heavy atom. The van der Waals surface area contributed by atoms with Crippen LogP contribution in [-0.2, 0) is 9.59 Å². The van der Waals surface area contributed by atoms with Crippen molar-refractivity contribution in [3.8, 4) is 0 Å². The SMILES string of the molecule is CC(=CC(=O)O)C(C)=CC(F)=C(C)C=O. The number of halogens is 1. The lowest BCUT2D eigenvalue weighted by Gasteiger charge is -1.99. The van der Waals surface area contributed by atoms with E-state index in [-0.39, 0.29) is 5.57 Å². The van der Waals surface area contributed by atoms with Crippen molar-refractivity contribution in [2.45, 2.75) is 20.8 Å². The maximum atomic E-state index is 13.1. The van der Waals surface area contributed by atoms with Crippen LogP contribution in [0, 0.1) is 0 Å². The van der Waals surface area contributed by atoms with Gasteiger partial charge in [-0.05, 0) is 38.0 Å². The fourth-order valence-corrected chi connectivity index (χ4v) is 0.773. The molecule has 15 heavy (non-hydrogen) atoms. The van der Waals surface area contributed by atoms with E-state index < -0.39 is 11.8 Å². The summed E-state index contributed by atoms with van der Waals surface area (Å²) in [5.74, 6) is -1.74. The van der Waals surface area contributed by atoms with Gasteiger partial charge in [0.05, 0.1) is 0 Å². The molecule has 0 fully saturated rings. The average Bonchev–Trinajstić information content (AvgIpc) is 2.15. The van der Waals surface area contributed by atoms with Crippen LogP contribution in [0.4, 0.5) is 4.39 Å². The first-order valence-corrected chi connectivity index (χ1v) is 4.30. The normalized spacial score (nSPS) is 14.7. The first-order chi connectivity index (χ1) is 6.88. The number of allylic oxidation sites excluding steroid dienone is 5. The quantitative estimate of drug-likeness (QED) is 0.442. The Morgan fingerprint density at radius 2 is 1.60 bits per heavy atom. The van der Waals surface area contributed by atoms with E-state index in [1.807, 2.05) is 0 Å². The van der Waals surface area contributed by atoms with E-state index in [0.29, 0.717) is 17.4 Å². The molecule has 0 saturated carbocycles. The lowest BCUT2D eigenvalue weighted by molar-refractivity contribution is -0.131. The Balaban J connectivity index is 5.02. The molecule has 0 aromatic rings. The molecular formula is C11H13FO3. The molecule has 0 aliphatic rings. The third-order valence-electron chi connectivity index (χ3n) is 1.86. The molecule has 0 aromatic carbocycles. The standard InChI is InChI=1S/C11H13FO3/c1-7(8(2)5-11(14)15)4-10(12)9(3)6-13/h4-6H,1-3H3,(H,14,15). The molecule has 0 amide bonds. The Hall–Kier alpha value is -1.71. The van der Waals surface area contributed by atoms with Crippen molar-refractivity contribution >= 4 is 12.3 Å². The highest BCUT2D eigenvalue weighted by Gasteiger charge is 2.01. The number of aliphatic carboxylic acids is 1. The van der Waals surface area contributed by atoms with Gasteiger partial charge >= 0.3 is 5.97 Å². The number of hydrogen-bond acceptors (Lipinski definition) is 2. The summed E-state index contributed by atoms with van der Waals surface area (Å²) in [4.78, 5) is 20.6. The van der Waals surface area contributed by atoms with Crippen LogP contribution in [0.3, 0.4) is 0 Å². The summed E-state index contributed by atoms with van der Waals surface area (Å²) in [5, 5.41) is 8.46. The summed E-state index contributed by atoms with van der Waals surface area (Å²) in [5.41, 5.74) is 0.893. The van der Waals surface area contributed by atoms with Gasteiger partial charge in [-0.3, -0.25) is 4.79 Å². The molecule has 0 radical (unpaired) electrons. The van der Waals surface area contributed by atoms with Crippen molar-refractivity contribution in [3.63, 3.8) is 0 Å². The van der Waals surface area contributed by atoms with Gasteiger partial charge in [0.1, 0.15) is 12.1 Å². The van der Waals surface area contributed by atoms with E-state index in [1.165, 1.54) is 6.92 Å². The zero-order valence-electron chi connectivity index (χ0n) is 8.87. The zero-order chi connectivity index (χ0) is 12.0. The van der Waals surface area contributed by atoms with Crippen molar-refractivity contribution in [3.05, 3.63) is 34.7 Å². The largest absolute Gasteiger partial charge is 0.478 e. The van der Waals surface area contributed by atoms with Crippen LogP contribution in [0.25, 0.3) is 0 Å². The van der Waals surface area contributed by atoms with Gasteiger partial charge in [0.25, 0.3) is 0 Å². The second-order valence-corrected chi connectivity index (χ2v) is 3.14. The molecule has 4 heteroatoms. The van der Waals surface area contributed by atoms with Gasteiger partial charge < -0.3 is 5.11 Å². The summed E-state index contributed by atoms with van der Waals surface area (Å²) in [6, 6.07) is 0. The topological polar surface area (TPSA) is 54.4 Å². The highest BCUT2D eigenvalue weighted by atomic mass is 19.1. The average molecular weight is 212 g/mol. The monoisotopic (exact) mass is 212 g/mol. The minimum atomic E-state index is -1.09. The number of aldehydes is 1. The van der Waals surface area contributed by atoms with Crippen molar-refractivity contribution in [1.29, 1.82) is 0 Å². The van der Waals surface area contributed by atoms with Gasteiger partial charge in [-0.25, -0.2) is 9.18 Å². The number of carbonyl (C=O) groups excluding carboxylic acids is 1. The van der Waals surface area contributed by atoms with Crippen LogP contribution in [0.2, 0.25) is 0 Å². The van der Waals surface area contributed by atoms with E-state index in [1.54, 1.807) is 13.8 Å². The van der Waals surface area contributed by atoms with E-state index in [9.17, 15) is 14.0 Å². The van der Waals surface area contributed by atoms with Gasteiger partial charge in [0, 0.05) is 11.6 Å². The Bertz CT molecular complexity index is 362. The summed E-state index contributed by atoms with van der Waals surface area (Å²) >= 11 is 0. The van der Waals surface area contributed by atoms with Crippen LogP contribution in [0.5, 0.6) is 0 Å². The Kier molecular flexibility index (Phi) is 5.23. The zero-order valence-corrected chi connectivity index (χ0v) is 8.87. The first-order valence-electron chi connectivity index (χ1n) is 4.30. The van der Waals surface area contributed by atoms with Gasteiger partial charge in [0.2, 0.25) is 0 Å². The first kappa shape index (κ1) is 13.3. The molecule has 82 valence electrons. The molecule has 0 spiro atoms. The number of carboxylic acid groups (broad SMARTS) is 1. The molecule has 0 saturated heterocycles. The second-order valence-electron chi connectivity index (χ2n) is 3.14. The Morgan fingerprint density at radius 1 is 1.13 bits per heavy atom. The van der Waals surface area contributed by atoms with Crippen LogP contribution < -0.4 is 0 Å². The molecule has 0 aliphatic carbocycles. The van der Waals surface area contributed by atoms with Crippen LogP contribution in [-0.4, -0.2) is 17.4 Å². The van der Waals surface area contributed by atoms with Crippen molar-refractivity contribution in [1.82, 2.24) is 0 Å². The molecule has 0 rings (SSSR count). The van der Waals surface area contributed by atoms with Crippen molar-refractivity contribution in [2.75, 3.05) is 0 Å². The van der Waals surface area contributed by atoms with Crippen LogP contribution in [0.15, 0.2) is 34.7 Å². The summed E-state index contributed by atoms with van der Waals surface area (Å²) in [6.07, 6.45) is 2.53. The van der Waals surface area contributed by atoms with Gasteiger partial charge in [0.15, 0.2) is 0 Å². The number of rotatable bonds is 4. The highest BCUT2D eigenvalue weighted by molar-refractivity contribution is 5.81. The van der Waals surface area contributed by atoms with Crippen molar-refractivity contribution in [2.24, 2.45) is 0 Å². The van der Waals surface area contributed by atoms with Crippen molar-refractivity contribution < 1.29 is 19.1 Å². The summed E-state index contributed by atoms with van der Waals surface area (Å²) in [6.45, 7) is 4.48. The molecule has 3 nitrogen and oxygen atoms in total. The van der Waals surface area contributed by atoms with E-state index in [0.717, 1.165) is 12.2 Å². The smallest absolute Gasteiger partial charge is 0.328 e. The third kappa shape index (κ3) is 4.90. The summed E-state index contributed by atoms with van der Waals surface area (Å²) < 4.78 is 13.1. The van der Waals surface area contributed by atoms with Gasteiger partial charge in [-0.1, -0.05) is 0 Å². The predicted octanol–water partition coefficient (Wildman–Crippen LogP) is 2.41. The molecule has 0 unspecified atom stereocenters. The third-order valence-corrected chi connectivity index (χ3v) is 1.86. The fraction of sp³-hybridized carbons (Fsp3) is 0.273. The minimum absolute atomic E-state index is 0.0162. The maximum Gasteiger partial charge on any atom is 0.328 e. The molecule has 0 atom stereocenters. The lowest BCUT2D eigenvalue weighted by Crippen LogP contribution is -1.91. The summed E-state index contributed by atoms with van der Waals surface area (Å²) in [7, 11) is 0. The minimum Gasteiger partial charge on any atom is -0.478 e. The van der Waals surface area contributed by atoms with Crippen LogP contribution in [0.1, 0.15) is 20.8 Å². The molecular weight excluding hydrogens is 199 g/mol. The number of carbonyl (C=O) groups is 2. The molecule has 0 aliphatic heterocycles. The maximum absolute atomic E-state index is 13.1. The van der Waals surface area contributed by atoms with E-state index >= 15 is 0 Å².